The molecule has 0 N–H and O–H groups in total. The molecule has 76 valence electrons. The Morgan fingerprint density at radius 3 is 2.38 bits per heavy atom. The van der Waals surface area contributed by atoms with Crippen LogP contribution in [0, 0.1) is 0 Å². The first-order valence-electron chi connectivity index (χ1n) is 3.00. The summed E-state index contributed by atoms with van der Waals surface area (Å²) in [4.78, 5) is 8.36. The van der Waals surface area contributed by atoms with Crippen molar-refractivity contribution in [1.29, 1.82) is 0 Å². The molecule has 0 amide bonds. The summed E-state index contributed by atoms with van der Waals surface area (Å²) in [5.74, 6) is -0.184. The lowest BCUT2D eigenvalue weighted by molar-refractivity contribution is 0.561. The van der Waals surface area contributed by atoms with E-state index in [0.29, 0.717) is 0 Å². The van der Waals surface area contributed by atoms with Crippen LogP contribution in [0.3, 0.4) is 0 Å². The summed E-state index contributed by atoms with van der Waals surface area (Å²) in [6.07, 6.45) is 0.886. The highest BCUT2D eigenvalue weighted by molar-refractivity contribution is 7.92. The van der Waals surface area contributed by atoms with Gasteiger partial charge in [-0.1, -0.05) is 4.40 Å². The summed E-state index contributed by atoms with van der Waals surface area (Å²) in [6, 6.07) is 0. The molecule has 0 radical (unpaired) electrons. The molecule has 0 aromatic carbocycles. The molecular weight excluding hydrogens is 260 g/mol. The maximum atomic E-state index is 11.0. The number of sulfonamides is 1. The molecule has 2 unspecified atom stereocenters. The first-order chi connectivity index (χ1) is 5.78. The minimum atomic E-state index is -4.13. The number of halogens is 3. The van der Waals surface area contributed by atoms with E-state index < -0.39 is 19.6 Å². The van der Waals surface area contributed by atoms with E-state index in [1.54, 1.807) is 0 Å². The SMILES string of the molecule is CC(Cl)(CCl)C(Cl)S(=O)(=O)N=C=O. The van der Waals surface area contributed by atoms with Gasteiger partial charge in [-0.2, -0.15) is 0 Å². The predicted octanol–water partition coefficient (Wildman–Crippen LogP) is 1.45. The molecule has 0 saturated heterocycles. The van der Waals surface area contributed by atoms with Crippen LogP contribution in [0.4, 0.5) is 0 Å². The van der Waals surface area contributed by atoms with Crippen molar-refractivity contribution in [2.24, 2.45) is 4.40 Å². The van der Waals surface area contributed by atoms with Crippen molar-refractivity contribution in [1.82, 2.24) is 0 Å². The third kappa shape index (κ3) is 3.44. The van der Waals surface area contributed by atoms with Gasteiger partial charge < -0.3 is 0 Å². The molecule has 13 heavy (non-hydrogen) atoms. The van der Waals surface area contributed by atoms with Gasteiger partial charge in [0.1, 0.15) is 0 Å². The number of alkyl halides is 3. The summed E-state index contributed by atoms with van der Waals surface area (Å²) in [7, 11) is -4.13. The van der Waals surface area contributed by atoms with Gasteiger partial charge in [0.05, 0.1) is 4.87 Å². The molecule has 0 bridgehead atoms. The molecule has 4 nitrogen and oxygen atoms in total. The topological polar surface area (TPSA) is 63.6 Å². The molecule has 2 atom stereocenters. The number of carbonyl (C=O) groups excluding carboxylic acids is 1. The second kappa shape index (κ2) is 4.62. The van der Waals surface area contributed by atoms with Crippen molar-refractivity contribution < 1.29 is 13.2 Å². The number of hydrogen-bond acceptors (Lipinski definition) is 3. The Morgan fingerprint density at radius 1 is 1.62 bits per heavy atom. The minimum absolute atomic E-state index is 0.184. The maximum absolute atomic E-state index is 11.0. The second-order valence-corrected chi connectivity index (χ2v) is 5.94. The summed E-state index contributed by atoms with van der Waals surface area (Å²) >= 11 is 16.5. The zero-order valence-electron chi connectivity index (χ0n) is 6.50. The smallest absolute Gasteiger partial charge is 0.210 e. The van der Waals surface area contributed by atoms with E-state index in [2.05, 4.69) is 4.40 Å². The van der Waals surface area contributed by atoms with Crippen molar-refractivity contribution in [2.45, 2.75) is 16.5 Å². The van der Waals surface area contributed by atoms with Crippen molar-refractivity contribution in [3.05, 3.63) is 0 Å². The molecule has 0 aliphatic carbocycles. The van der Waals surface area contributed by atoms with Gasteiger partial charge in [0.25, 0.3) is 16.1 Å². The van der Waals surface area contributed by atoms with Crippen LogP contribution < -0.4 is 0 Å². The Hall–Kier alpha value is 0.200. The quantitative estimate of drug-likeness (QED) is 0.439. The average Bonchev–Trinajstić information content (AvgIpc) is 2.03. The highest BCUT2D eigenvalue weighted by Crippen LogP contribution is 2.30. The summed E-state index contributed by atoms with van der Waals surface area (Å²) in [5, 5.41) is 0. The number of isocyanates is 1. The van der Waals surface area contributed by atoms with E-state index in [0.717, 1.165) is 6.08 Å². The highest BCUT2D eigenvalue weighted by Gasteiger charge is 2.39. The maximum Gasteiger partial charge on any atom is 0.282 e. The largest absolute Gasteiger partial charge is 0.282 e. The fourth-order valence-corrected chi connectivity index (χ4v) is 2.23. The zero-order chi connectivity index (χ0) is 10.7. The van der Waals surface area contributed by atoms with Crippen LogP contribution in [0.2, 0.25) is 0 Å². The summed E-state index contributed by atoms with van der Waals surface area (Å²) in [5.41, 5.74) is 0. The van der Waals surface area contributed by atoms with Gasteiger partial charge in [-0.15, -0.1) is 34.8 Å². The number of rotatable bonds is 4. The molecule has 0 aliphatic heterocycles. The summed E-state index contributed by atoms with van der Waals surface area (Å²) < 4.78 is 23.1. The van der Waals surface area contributed by atoms with E-state index in [-0.39, 0.29) is 5.88 Å². The molecule has 8 heteroatoms. The van der Waals surface area contributed by atoms with Crippen molar-refractivity contribution >= 4 is 50.9 Å². The van der Waals surface area contributed by atoms with Crippen LogP contribution in [0.25, 0.3) is 0 Å². The monoisotopic (exact) mass is 265 g/mol. The fraction of sp³-hybridized carbons (Fsp3) is 0.800. The third-order valence-electron chi connectivity index (χ3n) is 1.16. The highest BCUT2D eigenvalue weighted by atomic mass is 35.5. The van der Waals surface area contributed by atoms with Crippen LogP contribution >= 0.6 is 34.8 Å². The van der Waals surface area contributed by atoms with Gasteiger partial charge in [0, 0.05) is 5.88 Å². The van der Waals surface area contributed by atoms with Gasteiger partial charge in [0.2, 0.25) is 0 Å². The van der Waals surface area contributed by atoms with E-state index in [1.807, 2.05) is 0 Å². The lowest BCUT2D eigenvalue weighted by Gasteiger charge is -2.21. The van der Waals surface area contributed by atoms with Gasteiger partial charge >= 0.3 is 0 Å². The van der Waals surface area contributed by atoms with Crippen LogP contribution in [0.5, 0.6) is 0 Å². The van der Waals surface area contributed by atoms with Crippen LogP contribution in [0.15, 0.2) is 4.40 Å². The Kier molecular flexibility index (Phi) is 4.69. The first-order valence-corrected chi connectivity index (χ1v) is 5.85. The van der Waals surface area contributed by atoms with Gasteiger partial charge in [-0.25, -0.2) is 13.2 Å². The molecule has 0 fully saturated rings. The van der Waals surface area contributed by atoms with Crippen molar-refractivity contribution in [2.75, 3.05) is 5.88 Å². The Morgan fingerprint density at radius 2 is 2.08 bits per heavy atom. The Bertz CT molecular complexity index is 320. The van der Waals surface area contributed by atoms with Gasteiger partial charge in [0.15, 0.2) is 4.71 Å². The first kappa shape index (κ1) is 13.2. The van der Waals surface area contributed by atoms with Crippen molar-refractivity contribution in [3.63, 3.8) is 0 Å². The van der Waals surface area contributed by atoms with E-state index in [1.165, 1.54) is 6.92 Å². The predicted molar refractivity (Wildman–Crippen MR) is 51.7 cm³/mol. The standard InChI is InChI=1S/C5H6Cl3NO3S/c1-5(8,2-6)4(7)13(11,12)9-3-10/h4H,2H2,1H3. The molecule has 0 heterocycles. The Labute approximate surface area is 90.9 Å². The van der Waals surface area contributed by atoms with Crippen LogP contribution in [-0.4, -0.2) is 30.0 Å². The zero-order valence-corrected chi connectivity index (χ0v) is 9.58. The van der Waals surface area contributed by atoms with E-state index in [9.17, 15) is 13.2 Å². The van der Waals surface area contributed by atoms with E-state index in [4.69, 9.17) is 34.8 Å². The molecule has 0 aromatic rings. The second-order valence-electron chi connectivity index (χ2n) is 2.43. The van der Waals surface area contributed by atoms with E-state index >= 15 is 0 Å². The normalized spacial score (nSPS) is 18.5. The fourth-order valence-electron chi connectivity index (χ4n) is 0.469. The molecule has 0 aliphatic rings. The Balaban J connectivity index is 5.01. The molecular formula is C5H6Cl3NO3S. The lowest BCUT2D eigenvalue weighted by atomic mass is 10.2. The average molecular weight is 267 g/mol. The number of nitrogens with zero attached hydrogens (tertiary/aromatic N) is 1. The molecule has 0 saturated carbocycles. The number of hydrogen-bond donors (Lipinski definition) is 0. The van der Waals surface area contributed by atoms with Crippen molar-refractivity contribution in [3.8, 4) is 0 Å². The summed E-state index contributed by atoms with van der Waals surface area (Å²) in [6.45, 7) is 1.33. The van der Waals surface area contributed by atoms with Crippen LogP contribution in [-0.2, 0) is 14.8 Å². The van der Waals surface area contributed by atoms with Gasteiger partial charge in [-0.05, 0) is 6.92 Å². The van der Waals surface area contributed by atoms with Gasteiger partial charge in [-0.3, -0.25) is 0 Å². The van der Waals surface area contributed by atoms with Crippen LogP contribution in [0.1, 0.15) is 6.92 Å². The molecule has 0 spiro atoms. The molecule has 0 aromatic heterocycles. The molecule has 0 rings (SSSR count). The third-order valence-corrected chi connectivity index (χ3v) is 4.97. The lowest BCUT2D eigenvalue weighted by Crippen LogP contribution is -2.36. The minimum Gasteiger partial charge on any atom is -0.210 e.